The molecule has 1 aromatic rings. The molecule has 0 saturated carbocycles. The van der Waals surface area contributed by atoms with Crippen LogP contribution in [0, 0.1) is 0 Å². The van der Waals surface area contributed by atoms with Gasteiger partial charge in [0.1, 0.15) is 23.3 Å². The Hall–Kier alpha value is -0.630. The first-order valence-electron chi connectivity index (χ1n) is 7.41. The third-order valence-electron chi connectivity index (χ3n) is 3.32. The van der Waals surface area contributed by atoms with E-state index in [2.05, 4.69) is 13.8 Å². The predicted molar refractivity (Wildman–Crippen MR) is 89.7 cm³/mol. The van der Waals surface area contributed by atoms with Crippen molar-refractivity contribution in [2.24, 2.45) is 0 Å². The van der Waals surface area contributed by atoms with Crippen LogP contribution in [0.15, 0.2) is 22.1 Å². The van der Waals surface area contributed by atoms with Crippen LogP contribution in [0.2, 0.25) is 0 Å². The summed E-state index contributed by atoms with van der Waals surface area (Å²) in [5, 5.41) is 20.5. The van der Waals surface area contributed by atoms with Crippen molar-refractivity contribution in [2.75, 3.05) is 12.4 Å². The average Bonchev–Trinajstić information content (AvgIpc) is 2.79. The first-order chi connectivity index (χ1) is 12.4. The molecule has 2 rings (SSSR count). The number of nitrogens with zero attached hydrogens (tertiary/aromatic N) is 2. The van der Waals surface area contributed by atoms with Gasteiger partial charge in [0.25, 0.3) is 0 Å². The van der Waals surface area contributed by atoms with Crippen LogP contribution in [-0.2, 0) is 22.7 Å². The molecule has 0 aromatic carbocycles. The van der Waals surface area contributed by atoms with E-state index in [1.165, 1.54) is 24.0 Å². The van der Waals surface area contributed by atoms with Crippen LogP contribution >= 0.6 is 27.4 Å². The molecule has 0 amide bonds. The molecule has 0 radical (unpaired) electrons. The van der Waals surface area contributed by atoms with Gasteiger partial charge >= 0.3 is 21.3 Å². The van der Waals surface area contributed by atoms with Crippen molar-refractivity contribution >= 4 is 27.4 Å². The van der Waals surface area contributed by atoms with E-state index in [4.69, 9.17) is 14.5 Å². The van der Waals surface area contributed by atoms with E-state index in [1.807, 2.05) is 6.92 Å². The largest absolute Gasteiger partial charge is 0.481 e. The van der Waals surface area contributed by atoms with Gasteiger partial charge in [-0.1, -0.05) is 6.92 Å². The molecule has 1 saturated heterocycles. The molecule has 0 bridgehead atoms. The smallest absolute Gasteiger partial charge is 0.387 e. The Kier molecular flexibility index (Phi) is 7.39. The third kappa shape index (κ3) is 6.17. The lowest BCUT2D eigenvalue weighted by Gasteiger charge is -2.18. The van der Waals surface area contributed by atoms with Gasteiger partial charge in [-0.25, -0.2) is 13.9 Å². The number of aliphatic hydroxyl groups is 2. The molecule has 1 aliphatic rings. The van der Waals surface area contributed by atoms with Gasteiger partial charge in [-0.3, -0.25) is 9.09 Å². The van der Waals surface area contributed by atoms with Gasteiger partial charge in [0.05, 0.1) is 6.61 Å². The summed E-state index contributed by atoms with van der Waals surface area (Å²) in [7, 11) is -10.4. The highest BCUT2D eigenvalue weighted by molar-refractivity contribution is 7.99. The van der Waals surface area contributed by atoms with E-state index >= 15 is 0 Å². The first-order valence-corrected chi connectivity index (χ1v) is 11.4. The van der Waals surface area contributed by atoms with Gasteiger partial charge in [-0.15, -0.1) is 11.8 Å². The second-order valence-corrected chi connectivity index (χ2v) is 9.39. The fourth-order valence-electron chi connectivity index (χ4n) is 2.24. The second kappa shape index (κ2) is 8.80. The quantitative estimate of drug-likeness (QED) is 0.188. The minimum Gasteiger partial charge on any atom is -0.387 e. The highest BCUT2D eigenvalue weighted by atomic mass is 32.2. The van der Waals surface area contributed by atoms with E-state index in [-0.39, 0.29) is 0 Å². The Morgan fingerprint density at radius 3 is 2.52 bits per heavy atom. The minimum absolute atomic E-state index is 0.461. The number of rotatable bonds is 8. The Bertz CT molecular complexity index is 814. The number of aliphatic hydroxyl groups excluding tert-OH is 2. The van der Waals surface area contributed by atoms with E-state index in [0.29, 0.717) is 10.8 Å². The van der Waals surface area contributed by atoms with Crippen LogP contribution in [0.5, 0.6) is 0 Å². The van der Waals surface area contributed by atoms with Gasteiger partial charge in [0.15, 0.2) is 6.23 Å². The Balaban J connectivity index is 2.08. The van der Waals surface area contributed by atoms with Crippen LogP contribution in [0.25, 0.3) is 0 Å². The number of thioether (sulfide) groups is 1. The lowest BCUT2D eigenvalue weighted by molar-refractivity contribution is -0.0543. The van der Waals surface area contributed by atoms with Crippen LogP contribution in [0.1, 0.15) is 13.2 Å². The summed E-state index contributed by atoms with van der Waals surface area (Å²) in [4.78, 5) is 42.2. The molecule has 5 N–H and O–H groups in total. The molecule has 1 unspecified atom stereocenters. The second-order valence-electron chi connectivity index (χ2n) is 5.27. The fourth-order valence-corrected chi connectivity index (χ4v) is 4.44. The molecule has 5 atom stereocenters. The maximum Gasteiger partial charge on any atom is 0.481 e. The number of hydrogen-bond donors (Lipinski definition) is 5. The summed E-state index contributed by atoms with van der Waals surface area (Å²) in [6.45, 7) is 1.02. The lowest BCUT2D eigenvalue weighted by atomic mass is 10.1. The van der Waals surface area contributed by atoms with Gasteiger partial charge < -0.3 is 29.6 Å². The van der Waals surface area contributed by atoms with Gasteiger partial charge in [0, 0.05) is 6.20 Å². The highest BCUT2D eigenvalue weighted by Crippen LogP contribution is 2.57. The van der Waals surface area contributed by atoms with Gasteiger partial charge in [-0.05, 0) is 11.8 Å². The van der Waals surface area contributed by atoms with Crippen LogP contribution in [0.4, 0.5) is 0 Å². The number of ether oxygens (including phenoxy) is 1. The van der Waals surface area contributed by atoms with Crippen molar-refractivity contribution < 1.29 is 47.6 Å². The van der Waals surface area contributed by atoms with Crippen LogP contribution < -0.4 is 5.69 Å². The maximum atomic E-state index is 12.1. The number of hydrogen-bond acceptors (Lipinski definition) is 10. The molecule has 0 aliphatic carbocycles. The fraction of sp³-hybridized carbons (Fsp3) is 0.636. The topological polar surface area (TPSA) is 198 Å². The molecular formula is C11H18N2O11P2S. The summed E-state index contributed by atoms with van der Waals surface area (Å²) in [5.41, 5.74) is -0.746. The Morgan fingerprint density at radius 1 is 1.30 bits per heavy atom. The molecule has 1 aromatic heterocycles. The SMILES string of the molecule is CCSc1ccn([C@@H]2O[C@H](COP(=O)(O)OP(=O)(O)O)[C@@H](O)[C@H]2O)c(=O)n1. The normalized spacial score (nSPS) is 28.2. The zero-order valence-electron chi connectivity index (χ0n) is 13.8. The van der Waals surface area contributed by atoms with Gasteiger partial charge in [0.2, 0.25) is 0 Å². The van der Waals surface area contributed by atoms with Crippen molar-refractivity contribution in [1.29, 1.82) is 0 Å². The summed E-state index contributed by atoms with van der Waals surface area (Å²) < 4.78 is 36.2. The maximum absolute atomic E-state index is 12.1. The first kappa shape index (κ1) is 22.7. The molecule has 13 nitrogen and oxygen atoms in total. The summed E-state index contributed by atoms with van der Waals surface area (Å²) in [6, 6.07) is 1.51. The standard InChI is InChI=1S/C11H18N2O11P2S/c1-2-27-7-3-4-13(11(16)12-7)10-9(15)8(14)6(23-10)5-22-26(20,21)24-25(17,18)19/h3-4,6,8-10,14-15H,2,5H2,1H3,(H,20,21)(H2,17,18,19)/t6-,8-,9-,10-/m1/s1. The predicted octanol–water partition coefficient (Wildman–Crippen LogP) is -0.799. The average molecular weight is 448 g/mol. The van der Waals surface area contributed by atoms with E-state index in [0.717, 1.165) is 4.57 Å². The molecule has 27 heavy (non-hydrogen) atoms. The van der Waals surface area contributed by atoms with Crippen molar-refractivity contribution in [3.05, 3.63) is 22.7 Å². The highest BCUT2D eigenvalue weighted by Gasteiger charge is 2.45. The monoisotopic (exact) mass is 448 g/mol. The van der Waals surface area contributed by atoms with Crippen LogP contribution in [-0.4, -0.2) is 65.1 Å². The number of aromatic nitrogens is 2. The Labute approximate surface area is 156 Å². The zero-order chi connectivity index (χ0) is 20.4. The van der Waals surface area contributed by atoms with E-state index in [1.54, 1.807) is 0 Å². The molecular weight excluding hydrogens is 430 g/mol. The summed E-state index contributed by atoms with van der Waals surface area (Å²) in [6.07, 6.45) is -4.65. The number of phosphoric ester groups is 1. The molecule has 16 heteroatoms. The van der Waals surface area contributed by atoms with Crippen molar-refractivity contribution in [3.63, 3.8) is 0 Å². The van der Waals surface area contributed by atoms with Crippen molar-refractivity contribution in [3.8, 4) is 0 Å². The Morgan fingerprint density at radius 2 is 1.96 bits per heavy atom. The molecule has 2 heterocycles. The third-order valence-corrected chi connectivity index (χ3v) is 6.28. The van der Waals surface area contributed by atoms with E-state index < -0.39 is 52.5 Å². The molecule has 1 fully saturated rings. The van der Waals surface area contributed by atoms with Crippen molar-refractivity contribution in [2.45, 2.75) is 36.5 Å². The van der Waals surface area contributed by atoms with Crippen molar-refractivity contribution in [1.82, 2.24) is 9.55 Å². The lowest BCUT2D eigenvalue weighted by Crippen LogP contribution is -2.36. The van der Waals surface area contributed by atoms with Gasteiger partial charge in [-0.2, -0.15) is 9.29 Å². The molecule has 0 spiro atoms. The summed E-state index contributed by atoms with van der Waals surface area (Å²) >= 11 is 1.32. The summed E-state index contributed by atoms with van der Waals surface area (Å²) in [5.74, 6) is 0.690. The molecule has 1 aliphatic heterocycles. The number of phosphoric acid groups is 2. The van der Waals surface area contributed by atoms with E-state index in [9.17, 15) is 29.0 Å². The minimum atomic E-state index is -5.30. The molecule has 154 valence electrons. The zero-order valence-corrected chi connectivity index (χ0v) is 16.4. The van der Waals surface area contributed by atoms with Crippen LogP contribution in [0.3, 0.4) is 0 Å².